The summed E-state index contributed by atoms with van der Waals surface area (Å²) in [5, 5.41) is 0.131. The van der Waals surface area contributed by atoms with E-state index in [0.29, 0.717) is 12.1 Å². The maximum atomic E-state index is 10.6. The van der Waals surface area contributed by atoms with Crippen molar-refractivity contribution in [2.24, 2.45) is 0 Å². The highest BCUT2D eigenvalue weighted by Crippen LogP contribution is 2.01. The summed E-state index contributed by atoms with van der Waals surface area (Å²) in [5.74, 6) is 6.54. The number of aromatic nitrogens is 2. The number of thioether (sulfide) groups is 1. The number of carbonyl (C=O) groups is 1. The molecule has 0 bridgehead atoms. The highest BCUT2D eigenvalue weighted by atomic mass is 32.2. The fraction of sp³-hybridized carbons (Fsp3) is 0.300. The Hall–Kier alpha value is -1.34. The number of nitrogens with zero attached hydrogens (tertiary/aromatic N) is 2. The molecule has 0 aliphatic carbocycles. The lowest BCUT2D eigenvalue weighted by atomic mass is 10.4. The van der Waals surface area contributed by atoms with Crippen molar-refractivity contribution in [3.8, 4) is 11.8 Å². The summed E-state index contributed by atoms with van der Waals surface area (Å²) in [4.78, 5) is 18.5. The van der Waals surface area contributed by atoms with Crippen molar-refractivity contribution in [2.75, 3.05) is 5.75 Å². The van der Waals surface area contributed by atoms with E-state index in [2.05, 4.69) is 21.8 Å². The van der Waals surface area contributed by atoms with Crippen molar-refractivity contribution >= 4 is 16.9 Å². The van der Waals surface area contributed by atoms with Gasteiger partial charge in [0.1, 0.15) is 5.69 Å². The Labute approximate surface area is 87.3 Å². The Morgan fingerprint density at radius 1 is 1.57 bits per heavy atom. The molecule has 0 aliphatic heterocycles. The van der Waals surface area contributed by atoms with Crippen LogP contribution >= 0.6 is 11.8 Å². The van der Waals surface area contributed by atoms with Crippen molar-refractivity contribution in [1.82, 2.24) is 9.97 Å². The van der Waals surface area contributed by atoms with Gasteiger partial charge in [0.15, 0.2) is 5.12 Å². The molecular weight excluding hydrogens is 196 g/mol. The molecule has 4 heteroatoms. The van der Waals surface area contributed by atoms with E-state index in [1.165, 1.54) is 11.8 Å². The average molecular weight is 206 g/mol. The van der Waals surface area contributed by atoms with Gasteiger partial charge >= 0.3 is 0 Å². The Balaban J connectivity index is 2.31. The molecule has 1 aromatic rings. The van der Waals surface area contributed by atoms with Crippen LogP contribution in [0.2, 0.25) is 0 Å². The van der Waals surface area contributed by atoms with E-state index in [1.54, 1.807) is 25.5 Å². The Morgan fingerprint density at radius 3 is 3.07 bits per heavy atom. The quantitative estimate of drug-likeness (QED) is 0.543. The molecule has 0 aliphatic rings. The van der Waals surface area contributed by atoms with Gasteiger partial charge in [-0.2, -0.15) is 0 Å². The predicted octanol–water partition coefficient (Wildman–Crippen LogP) is 1.50. The Bertz CT molecular complexity index is 353. The highest BCUT2D eigenvalue weighted by molar-refractivity contribution is 8.13. The van der Waals surface area contributed by atoms with Crippen molar-refractivity contribution < 1.29 is 4.79 Å². The zero-order valence-corrected chi connectivity index (χ0v) is 8.67. The van der Waals surface area contributed by atoms with Gasteiger partial charge in [0, 0.05) is 31.5 Å². The third kappa shape index (κ3) is 4.63. The maximum absolute atomic E-state index is 10.6. The summed E-state index contributed by atoms with van der Waals surface area (Å²) < 4.78 is 0. The van der Waals surface area contributed by atoms with Gasteiger partial charge in [-0.3, -0.25) is 9.78 Å². The average Bonchev–Trinajstić information content (AvgIpc) is 2.18. The first-order chi connectivity index (χ1) is 6.79. The predicted molar refractivity (Wildman–Crippen MR) is 56.7 cm³/mol. The summed E-state index contributed by atoms with van der Waals surface area (Å²) in [6.45, 7) is 1.56. The molecule has 1 aromatic heterocycles. The second-order valence-electron chi connectivity index (χ2n) is 2.48. The van der Waals surface area contributed by atoms with Crippen LogP contribution in [-0.4, -0.2) is 20.8 Å². The van der Waals surface area contributed by atoms with Crippen molar-refractivity contribution in [1.29, 1.82) is 0 Å². The lowest BCUT2D eigenvalue weighted by molar-refractivity contribution is -0.109. The normalized spacial score (nSPS) is 8.93. The summed E-state index contributed by atoms with van der Waals surface area (Å²) in [6.07, 6.45) is 5.52. The molecule has 72 valence electrons. The van der Waals surface area contributed by atoms with Crippen LogP contribution in [0.3, 0.4) is 0 Å². The minimum atomic E-state index is 0.131. The number of hydrogen-bond donors (Lipinski definition) is 0. The smallest absolute Gasteiger partial charge is 0.185 e. The van der Waals surface area contributed by atoms with E-state index in [-0.39, 0.29) is 5.12 Å². The van der Waals surface area contributed by atoms with Crippen LogP contribution in [-0.2, 0) is 4.79 Å². The zero-order chi connectivity index (χ0) is 10.2. The minimum Gasteiger partial charge on any atom is -0.288 e. The molecule has 0 unspecified atom stereocenters. The van der Waals surface area contributed by atoms with Crippen LogP contribution in [0.1, 0.15) is 19.0 Å². The number of rotatable bonds is 2. The minimum absolute atomic E-state index is 0.131. The molecule has 14 heavy (non-hydrogen) atoms. The van der Waals surface area contributed by atoms with Crippen LogP contribution in [0, 0.1) is 11.8 Å². The van der Waals surface area contributed by atoms with Crippen molar-refractivity contribution in [3.63, 3.8) is 0 Å². The molecule has 0 aromatic carbocycles. The van der Waals surface area contributed by atoms with Crippen LogP contribution in [0.15, 0.2) is 18.6 Å². The fourth-order valence-electron chi connectivity index (χ4n) is 0.762. The summed E-state index contributed by atoms with van der Waals surface area (Å²) >= 11 is 1.29. The fourth-order valence-corrected chi connectivity index (χ4v) is 1.25. The van der Waals surface area contributed by atoms with E-state index in [0.717, 1.165) is 5.75 Å². The SMILES string of the molecule is CC(=O)SCCC#Cc1cnccn1. The number of carbonyl (C=O) groups excluding carboxylic acids is 1. The van der Waals surface area contributed by atoms with Gasteiger partial charge in [-0.15, -0.1) is 0 Å². The van der Waals surface area contributed by atoms with E-state index in [9.17, 15) is 4.79 Å². The van der Waals surface area contributed by atoms with Gasteiger partial charge in [0.2, 0.25) is 0 Å². The van der Waals surface area contributed by atoms with Gasteiger partial charge in [0.05, 0.1) is 6.20 Å². The van der Waals surface area contributed by atoms with Crippen LogP contribution < -0.4 is 0 Å². The third-order valence-electron chi connectivity index (χ3n) is 1.31. The van der Waals surface area contributed by atoms with Gasteiger partial charge in [-0.05, 0) is 5.92 Å². The first-order valence-corrected chi connectivity index (χ1v) is 5.16. The van der Waals surface area contributed by atoms with E-state index in [1.807, 2.05) is 0 Å². The van der Waals surface area contributed by atoms with Gasteiger partial charge < -0.3 is 0 Å². The molecule has 0 amide bonds. The van der Waals surface area contributed by atoms with Crippen LogP contribution in [0.5, 0.6) is 0 Å². The second-order valence-corrected chi connectivity index (χ2v) is 3.75. The summed E-state index contributed by atoms with van der Waals surface area (Å²) in [5.41, 5.74) is 0.667. The molecule has 0 spiro atoms. The van der Waals surface area contributed by atoms with E-state index >= 15 is 0 Å². The first-order valence-electron chi connectivity index (χ1n) is 4.17. The maximum Gasteiger partial charge on any atom is 0.185 e. The van der Waals surface area contributed by atoms with Crippen LogP contribution in [0.4, 0.5) is 0 Å². The topological polar surface area (TPSA) is 42.9 Å². The summed E-state index contributed by atoms with van der Waals surface area (Å²) in [6, 6.07) is 0. The molecular formula is C10H10N2OS. The molecule has 0 N–H and O–H groups in total. The lowest BCUT2D eigenvalue weighted by Gasteiger charge is -1.88. The van der Waals surface area contributed by atoms with Gasteiger partial charge in [0.25, 0.3) is 0 Å². The Kier molecular flexibility index (Phi) is 4.73. The van der Waals surface area contributed by atoms with Crippen LogP contribution in [0.25, 0.3) is 0 Å². The first kappa shape index (κ1) is 10.7. The third-order valence-corrected chi connectivity index (χ3v) is 2.13. The highest BCUT2D eigenvalue weighted by Gasteiger charge is 1.90. The lowest BCUT2D eigenvalue weighted by Crippen LogP contribution is -1.85. The zero-order valence-electron chi connectivity index (χ0n) is 7.86. The molecule has 0 fully saturated rings. The molecule has 3 nitrogen and oxygen atoms in total. The molecule has 0 radical (unpaired) electrons. The second kappa shape index (κ2) is 6.17. The molecule has 0 atom stereocenters. The van der Waals surface area contributed by atoms with E-state index in [4.69, 9.17) is 0 Å². The van der Waals surface area contributed by atoms with Crippen molar-refractivity contribution in [2.45, 2.75) is 13.3 Å². The molecule has 1 rings (SSSR count). The Morgan fingerprint density at radius 2 is 2.43 bits per heavy atom. The molecule has 1 heterocycles. The van der Waals surface area contributed by atoms with E-state index < -0.39 is 0 Å². The van der Waals surface area contributed by atoms with Gasteiger partial charge in [-0.1, -0.05) is 17.7 Å². The molecule has 0 saturated carbocycles. The largest absolute Gasteiger partial charge is 0.288 e. The monoisotopic (exact) mass is 206 g/mol. The summed E-state index contributed by atoms with van der Waals surface area (Å²) in [7, 11) is 0. The van der Waals surface area contributed by atoms with Gasteiger partial charge in [-0.25, -0.2) is 4.98 Å². The molecule has 0 saturated heterocycles. The number of hydrogen-bond acceptors (Lipinski definition) is 4. The van der Waals surface area contributed by atoms with Crippen molar-refractivity contribution in [3.05, 3.63) is 24.3 Å². The standard InChI is InChI=1S/C10H10N2OS/c1-9(13)14-7-3-2-4-10-8-11-5-6-12-10/h5-6,8H,3,7H2,1H3.